The summed E-state index contributed by atoms with van der Waals surface area (Å²) >= 11 is 0. The third-order valence-electron chi connectivity index (χ3n) is 5.56. The van der Waals surface area contributed by atoms with Crippen molar-refractivity contribution in [1.29, 1.82) is 0 Å². The van der Waals surface area contributed by atoms with Crippen molar-refractivity contribution in [3.63, 3.8) is 0 Å². The van der Waals surface area contributed by atoms with Crippen molar-refractivity contribution < 1.29 is 30.7 Å². The van der Waals surface area contributed by atoms with E-state index in [-0.39, 0.29) is 44.3 Å². The molecule has 0 nitrogen and oxygen atoms in total. The van der Waals surface area contributed by atoms with Gasteiger partial charge in [0, 0.05) is 34.2 Å². The van der Waals surface area contributed by atoms with Gasteiger partial charge in [0.25, 0.3) is 0 Å². The SMILES string of the molecule is Fc1ccc(-c2c3ccccc3c(-c3c(F)c(F)cc(F)c3F)c3cccc(F)c23)c(F)c1. The summed E-state index contributed by atoms with van der Waals surface area (Å²) in [6.07, 6.45) is 0. The molecular weight excluding hydrogens is 445 g/mol. The standard InChI is InChI=1S/C26H11F7/c27-12-8-9-15(18(29)10-12)21-13-4-1-2-5-14(13)22(16-6-3-7-17(28)23(16)21)24-25(32)19(30)11-20(31)26(24)33/h1-11H. The van der Waals surface area contributed by atoms with Crippen molar-refractivity contribution in [3.8, 4) is 22.3 Å². The largest absolute Gasteiger partial charge is 0.207 e. The minimum atomic E-state index is -1.65. The average Bonchev–Trinajstić information content (AvgIpc) is 2.78. The number of hydrogen-bond donors (Lipinski definition) is 0. The predicted molar refractivity (Wildman–Crippen MR) is 112 cm³/mol. The summed E-state index contributed by atoms with van der Waals surface area (Å²) in [6, 6.07) is 12.4. The number of fused-ring (bicyclic) bond motifs is 2. The fourth-order valence-electron chi connectivity index (χ4n) is 4.22. The molecule has 0 atom stereocenters. The van der Waals surface area contributed by atoms with E-state index in [0.29, 0.717) is 6.07 Å². The monoisotopic (exact) mass is 456 g/mol. The second kappa shape index (κ2) is 7.62. The Bertz CT molecular complexity index is 1560. The molecule has 0 unspecified atom stereocenters. The first kappa shape index (κ1) is 21.0. The maximum absolute atomic E-state index is 15.2. The number of benzene rings is 5. The highest BCUT2D eigenvalue weighted by molar-refractivity contribution is 6.21. The third kappa shape index (κ3) is 3.15. The predicted octanol–water partition coefficient (Wildman–Crippen LogP) is 8.30. The molecule has 5 aromatic rings. The zero-order chi connectivity index (χ0) is 23.4. The zero-order valence-electron chi connectivity index (χ0n) is 16.5. The van der Waals surface area contributed by atoms with Crippen molar-refractivity contribution in [2.45, 2.75) is 0 Å². The van der Waals surface area contributed by atoms with E-state index in [1.54, 1.807) is 0 Å². The summed E-state index contributed by atoms with van der Waals surface area (Å²) in [5, 5.41) is -0.0911. The summed E-state index contributed by atoms with van der Waals surface area (Å²) in [5.74, 6) is -9.23. The van der Waals surface area contributed by atoms with Gasteiger partial charge in [-0.15, -0.1) is 0 Å². The second-order valence-electron chi connectivity index (χ2n) is 7.43. The minimum absolute atomic E-state index is 0.0117. The molecule has 164 valence electrons. The molecule has 0 aliphatic rings. The van der Waals surface area contributed by atoms with Crippen molar-refractivity contribution in [2.24, 2.45) is 0 Å². The zero-order valence-corrected chi connectivity index (χ0v) is 16.5. The van der Waals surface area contributed by atoms with Gasteiger partial charge >= 0.3 is 0 Å². The van der Waals surface area contributed by atoms with Gasteiger partial charge < -0.3 is 0 Å². The van der Waals surface area contributed by atoms with E-state index in [9.17, 15) is 26.3 Å². The van der Waals surface area contributed by atoms with Crippen molar-refractivity contribution in [3.05, 3.63) is 107 Å². The lowest BCUT2D eigenvalue weighted by Gasteiger charge is -2.19. The van der Waals surface area contributed by atoms with Crippen LogP contribution in [0.4, 0.5) is 30.7 Å². The molecule has 0 amide bonds. The van der Waals surface area contributed by atoms with Crippen molar-refractivity contribution >= 4 is 21.5 Å². The Kier molecular flexibility index (Phi) is 4.85. The van der Waals surface area contributed by atoms with Crippen LogP contribution < -0.4 is 0 Å². The summed E-state index contributed by atoms with van der Waals surface area (Å²) in [5.41, 5.74) is -1.44. The first-order valence-electron chi connectivity index (χ1n) is 9.71. The van der Waals surface area contributed by atoms with Gasteiger partial charge in [-0.2, -0.15) is 0 Å². The lowest BCUT2D eigenvalue weighted by molar-refractivity contribution is 0.458. The quantitative estimate of drug-likeness (QED) is 0.142. The molecule has 0 N–H and O–H groups in total. The Balaban J connectivity index is 2.08. The molecule has 0 bridgehead atoms. The molecule has 0 saturated heterocycles. The van der Waals surface area contributed by atoms with E-state index in [0.717, 1.165) is 18.2 Å². The number of halogens is 7. The molecule has 0 spiro atoms. The molecule has 0 aromatic heterocycles. The molecule has 7 heteroatoms. The molecule has 0 aliphatic carbocycles. The molecule has 0 saturated carbocycles. The van der Waals surface area contributed by atoms with Crippen LogP contribution in [0.2, 0.25) is 0 Å². The van der Waals surface area contributed by atoms with Crippen LogP contribution in [0.5, 0.6) is 0 Å². The van der Waals surface area contributed by atoms with Crippen LogP contribution in [-0.2, 0) is 0 Å². The van der Waals surface area contributed by atoms with Gasteiger partial charge in [-0.1, -0.05) is 36.4 Å². The van der Waals surface area contributed by atoms with Crippen LogP contribution >= 0.6 is 0 Å². The van der Waals surface area contributed by atoms with Gasteiger partial charge in [-0.05, 0) is 34.4 Å². The lowest BCUT2D eigenvalue weighted by Crippen LogP contribution is -2.01. The van der Waals surface area contributed by atoms with Crippen LogP contribution in [0.1, 0.15) is 0 Å². The summed E-state index contributed by atoms with van der Waals surface area (Å²) < 4.78 is 101. The highest BCUT2D eigenvalue weighted by Gasteiger charge is 2.27. The van der Waals surface area contributed by atoms with E-state index in [4.69, 9.17) is 0 Å². The maximum Gasteiger partial charge on any atom is 0.169 e. The number of hydrogen-bond acceptors (Lipinski definition) is 0. The Morgan fingerprint density at radius 3 is 1.67 bits per heavy atom. The Morgan fingerprint density at radius 1 is 0.424 bits per heavy atom. The van der Waals surface area contributed by atoms with E-state index in [1.165, 1.54) is 36.4 Å². The van der Waals surface area contributed by atoms with E-state index in [1.807, 2.05) is 0 Å². The van der Waals surface area contributed by atoms with Crippen LogP contribution in [0.3, 0.4) is 0 Å². The molecule has 0 heterocycles. The summed E-state index contributed by atoms with van der Waals surface area (Å²) in [4.78, 5) is 0. The van der Waals surface area contributed by atoms with Gasteiger partial charge in [0.05, 0.1) is 5.56 Å². The van der Waals surface area contributed by atoms with Crippen LogP contribution in [0.25, 0.3) is 43.8 Å². The molecule has 5 rings (SSSR count). The van der Waals surface area contributed by atoms with Gasteiger partial charge in [0.2, 0.25) is 0 Å². The fourth-order valence-corrected chi connectivity index (χ4v) is 4.22. The van der Waals surface area contributed by atoms with E-state index < -0.39 is 46.3 Å². The molecule has 5 aromatic carbocycles. The topological polar surface area (TPSA) is 0 Å². The Labute approximate surface area is 182 Å². The van der Waals surface area contributed by atoms with Gasteiger partial charge in [-0.25, -0.2) is 30.7 Å². The molecule has 33 heavy (non-hydrogen) atoms. The van der Waals surface area contributed by atoms with Crippen molar-refractivity contribution in [1.82, 2.24) is 0 Å². The van der Waals surface area contributed by atoms with Crippen molar-refractivity contribution in [2.75, 3.05) is 0 Å². The van der Waals surface area contributed by atoms with E-state index in [2.05, 4.69) is 0 Å². The first-order chi connectivity index (χ1) is 15.8. The molecule has 0 aliphatic heterocycles. The molecular formula is C26H11F7. The molecule has 0 radical (unpaired) electrons. The lowest BCUT2D eigenvalue weighted by atomic mass is 9.85. The number of rotatable bonds is 2. The highest BCUT2D eigenvalue weighted by atomic mass is 19.2. The average molecular weight is 456 g/mol. The second-order valence-corrected chi connectivity index (χ2v) is 7.43. The van der Waals surface area contributed by atoms with Crippen LogP contribution in [0.15, 0.2) is 66.7 Å². The van der Waals surface area contributed by atoms with Gasteiger partial charge in [0.1, 0.15) is 17.5 Å². The van der Waals surface area contributed by atoms with Crippen LogP contribution in [-0.4, -0.2) is 0 Å². The van der Waals surface area contributed by atoms with Gasteiger partial charge in [-0.3, -0.25) is 0 Å². The highest BCUT2D eigenvalue weighted by Crippen LogP contribution is 2.46. The first-order valence-corrected chi connectivity index (χ1v) is 9.71. The van der Waals surface area contributed by atoms with E-state index >= 15 is 4.39 Å². The normalized spacial score (nSPS) is 11.5. The van der Waals surface area contributed by atoms with Gasteiger partial charge in [0.15, 0.2) is 23.3 Å². The minimum Gasteiger partial charge on any atom is -0.207 e. The fraction of sp³-hybridized carbons (Fsp3) is 0. The molecule has 0 fully saturated rings. The third-order valence-corrected chi connectivity index (χ3v) is 5.56. The Morgan fingerprint density at radius 2 is 1.03 bits per heavy atom. The van der Waals surface area contributed by atoms with Crippen LogP contribution in [0, 0.1) is 40.7 Å². The maximum atomic E-state index is 15.2. The Hall–Kier alpha value is -3.87. The summed E-state index contributed by atoms with van der Waals surface area (Å²) in [6.45, 7) is 0. The summed E-state index contributed by atoms with van der Waals surface area (Å²) in [7, 11) is 0. The smallest absolute Gasteiger partial charge is 0.169 e.